The summed E-state index contributed by atoms with van der Waals surface area (Å²) in [7, 11) is 0. The average molecular weight is 307 g/mol. The summed E-state index contributed by atoms with van der Waals surface area (Å²) in [6.07, 6.45) is 0. The molecule has 100 valence electrons. The number of aromatic amines is 1. The van der Waals surface area contributed by atoms with Crippen LogP contribution in [0.2, 0.25) is 0 Å². The molecule has 0 saturated heterocycles. The van der Waals surface area contributed by atoms with Crippen molar-refractivity contribution in [3.8, 4) is 0 Å². The maximum absolute atomic E-state index is 12.4. The summed E-state index contributed by atoms with van der Waals surface area (Å²) in [6, 6.07) is 16.5. The van der Waals surface area contributed by atoms with Crippen LogP contribution in [0.4, 0.5) is 0 Å². The zero-order chi connectivity index (χ0) is 14.0. The van der Waals surface area contributed by atoms with Crippen molar-refractivity contribution >= 4 is 63.1 Å². The van der Waals surface area contributed by atoms with E-state index in [1.807, 2.05) is 18.2 Å². The minimum absolute atomic E-state index is 0.0150. The number of thiophene rings is 2. The summed E-state index contributed by atoms with van der Waals surface area (Å²) < 4.78 is 3.35. The van der Waals surface area contributed by atoms with Crippen molar-refractivity contribution in [1.29, 1.82) is 0 Å². The summed E-state index contributed by atoms with van der Waals surface area (Å²) in [5.41, 5.74) is 0.922. The first kappa shape index (κ1) is 11.5. The van der Waals surface area contributed by atoms with Gasteiger partial charge in [-0.3, -0.25) is 4.79 Å². The van der Waals surface area contributed by atoms with Gasteiger partial charge in [0.15, 0.2) is 0 Å². The van der Waals surface area contributed by atoms with E-state index in [1.54, 1.807) is 22.7 Å². The number of nitrogens with one attached hydrogen (secondary N) is 1. The normalized spacial score (nSPS) is 12.0. The van der Waals surface area contributed by atoms with Gasteiger partial charge in [-0.25, -0.2) is 0 Å². The molecule has 0 fully saturated rings. The second-order valence-corrected chi connectivity index (χ2v) is 7.40. The van der Waals surface area contributed by atoms with E-state index < -0.39 is 0 Å². The van der Waals surface area contributed by atoms with Crippen molar-refractivity contribution in [1.82, 2.24) is 4.98 Å². The SMILES string of the molecule is O=c1[nH]c2ccccc2c2c1sc1sc3ccccc3c12. The fourth-order valence-electron chi connectivity index (χ4n) is 2.99. The number of benzene rings is 2. The zero-order valence-electron chi connectivity index (χ0n) is 10.8. The molecule has 0 unspecified atom stereocenters. The fourth-order valence-corrected chi connectivity index (χ4v) is 5.58. The molecular formula is C17H9NOS2. The molecule has 3 aromatic heterocycles. The molecule has 4 heteroatoms. The molecule has 0 saturated carbocycles. The number of hydrogen-bond donors (Lipinski definition) is 1. The molecule has 1 N–H and O–H groups in total. The van der Waals surface area contributed by atoms with Crippen LogP contribution in [-0.4, -0.2) is 4.98 Å². The first-order valence-electron chi connectivity index (χ1n) is 6.68. The van der Waals surface area contributed by atoms with E-state index in [-0.39, 0.29) is 5.56 Å². The van der Waals surface area contributed by atoms with Gasteiger partial charge < -0.3 is 4.98 Å². The summed E-state index contributed by atoms with van der Waals surface area (Å²) in [6.45, 7) is 0. The number of aromatic nitrogens is 1. The summed E-state index contributed by atoms with van der Waals surface area (Å²) in [4.78, 5) is 15.3. The van der Waals surface area contributed by atoms with Crippen LogP contribution in [0.5, 0.6) is 0 Å². The topological polar surface area (TPSA) is 32.9 Å². The molecule has 0 spiro atoms. The highest BCUT2D eigenvalue weighted by Crippen LogP contribution is 2.44. The van der Waals surface area contributed by atoms with Crippen LogP contribution in [0.15, 0.2) is 53.3 Å². The number of para-hydroxylation sites is 1. The van der Waals surface area contributed by atoms with Gasteiger partial charge in [0.2, 0.25) is 0 Å². The predicted octanol–water partition coefficient (Wildman–Crippen LogP) is 5.11. The summed E-state index contributed by atoms with van der Waals surface area (Å²) >= 11 is 3.37. The lowest BCUT2D eigenvalue weighted by Gasteiger charge is -2.00. The number of rotatable bonds is 0. The molecule has 21 heavy (non-hydrogen) atoms. The lowest BCUT2D eigenvalue weighted by molar-refractivity contribution is 1.36. The largest absolute Gasteiger partial charge is 0.321 e. The van der Waals surface area contributed by atoms with E-state index in [1.165, 1.54) is 19.5 Å². The number of hydrogen-bond acceptors (Lipinski definition) is 3. The van der Waals surface area contributed by atoms with Gasteiger partial charge in [0.1, 0.15) is 4.70 Å². The number of fused-ring (bicyclic) bond motifs is 7. The number of H-pyrrole nitrogens is 1. The molecule has 0 atom stereocenters. The summed E-state index contributed by atoms with van der Waals surface area (Å²) in [5, 5.41) is 4.71. The maximum Gasteiger partial charge on any atom is 0.266 e. The molecule has 2 nitrogen and oxygen atoms in total. The van der Waals surface area contributed by atoms with Crippen LogP contribution in [0.25, 0.3) is 40.5 Å². The Morgan fingerprint density at radius 2 is 1.57 bits per heavy atom. The maximum atomic E-state index is 12.4. The van der Waals surface area contributed by atoms with Crippen LogP contribution in [0.1, 0.15) is 0 Å². The minimum Gasteiger partial charge on any atom is -0.321 e. The van der Waals surface area contributed by atoms with Crippen molar-refractivity contribution in [2.45, 2.75) is 0 Å². The van der Waals surface area contributed by atoms with Gasteiger partial charge in [-0.1, -0.05) is 36.4 Å². The van der Waals surface area contributed by atoms with Crippen LogP contribution in [0.3, 0.4) is 0 Å². The first-order chi connectivity index (χ1) is 10.3. The Morgan fingerprint density at radius 1 is 0.810 bits per heavy atom. The van der Waals surface area contributed by atoms with E-state index in [4.69, 9.17) is 0 Å². The molecule has 3 heterocycles. The van der Waals surface area contributed by atoms with Crippen molar-refractivity contribution in [3.63, 3.8) is 0 Å². The molecule has 5 aromatic rings. The Labute approximate surface area is 127 Å². The lowest BCUT2D eigenvalue weighted by atomic mass is 10.1. The molecule has 0 bridgehead atoms. The van der Waals surface area contributed by atoms with Gasteiger partial charge >= 0.3 is 0 Å². The Morgan fingerprint density at radius 3 is 2.48 bits per heavy atom. The van der Waals surface area contributed by atoms with Gasteiger partial charge in [-0.2, -0.15) is 0 Å². The molecule has 0 amide bonds. The van der Waals surface area contributed by atoms with Gasteiger partial charge in [0.05, 0.1) is 4.01 Å². The highest BCUT2D eigenvalue weighted by molar-refractivity contribution is 7.44. The Bertz CT molecular complexity index is 1210. The molecule has 2 aromatic carbocycles. The smallest absolute Gasteiger partial charge is 0.266 e. The lowest BCUT2D eigenvalue weighted by Crippen LogP contribution is -2.03. The summed E-state index contributed by atoms with van der Waals surface area (Å²) in [5.74, 6) is 0. The molecule has 0 radical (unpaired) electrons. The van der Waals surface area contributed by atoms with Crippen molar-refractivity contribution in [2.24, 2.45) is 0 Å². The molecule has 0 aliphatic rings. The van der Waals surface area contributed by atoms with E-state index in [0.717, 1.165) is 21.0 Å². The minimum atomic E-state index is 0.0150. The van der Waals surface area contributed by atoms with E-state index in [0.29, 0.717) is 0 Å². The predicted molar refractivity (Wildman–Crippen MR) is 92.8 cm³/mol. The second-order valence-electron chi connectivity index (χ2n) is 5.07. The zero-order valence-corrected chi connectivity index (χ0v) is 12.5. The average Bonchev–Trinajstić information content (AvgIpc) is 3.03. The Hall–Kier alpha value is -2.17. The Balaban J connectivity index is 2.21. The third-order valence-electron chi connectivity index (χ3n) is 3.89. The molecule has 0 aliphatic carbocycles. The molecule has 0 aliphatic heterocycles. The van der Waals surface area contributed by atoms with E-state index in [2.05, 4.69) is 35.3 Å². The third kappa shape index (κ3) is 1.43. The number of pyridine rings is 1. The van der Waals surface area contributed by atoms with Gasteiger partial charge in [-0.15, -0.1) is 22.7 Å². The highest BCUT2D eigenvalue weighted by atomic mass is 32.2. The van der Waals surface area contributed by atoms with Crippen molar-refractivity contribution in [3.05, 3.63) is 58.9 Å². The van der Waals surface area contributed by atoms with Crippen molar-refractivity contribution < 1.29 is 0 Å². The molecular weight excluding hydrogens is 298 g/mol. The second kappa shape index (κ2) is 3.93. The van der Waals surface area contributed by atoms with Gasteiger partial charge in [0.25, 0.3) is 5.56 Å². The third-order valence-corrected chi connectivity index (χ3v) is 6.33. The molecule has 5 rings (SSSR count). The van der Waals surface area contributed by atoms with Crippen LogP contribution in [-0.2, 0) is 0 Å². The van der Waals surface area contributed by atoms with Crippen molar-refractivity contribution in [2.75, 3.05) is 0 Å². The van der Waals surface area contributed by atoms with E-state index >= 15 is 0 Å². The van der Waals surface area contributed by atoms with Crippen LogP contribution >= 0.6 is 22.7 Å². The van der Waals surface area contributed by atoms with E-state index in [9.17, 15) is 4.79 Å². The standard InChI is InChI=1S/C17H9NOS2/c19-16-15-13(9-5-1-3-7-11(9)18-16)14-10-6-2-4-8-12(10)20-17(14)21-15/h1-8H,(H,18,19). The first-order valence-corrected chi connectivity index (χ1v) is 8.31. The van der Waals surface area contributed by atoms with Gasteiger partial charge in [0, 0.05) is 31.8 Å². The fraction of sp³-hybridized carbons (Fsp3) is 0. The monoisotopic (exact) mass is 307 g/mol. The highest BCUT2D eigenvalue weighted by Gasteiger charge is 2.16. The van der Waals surface area contributed by atoms with Crippen LogP contribution in [0, 0.1) is 0 Å². The van der Waals surface area contributed by atoms with Gasteiger partial charge in [-0.05, 0) is 12.1 Å². The quantitative estimate of drug-likeness (QED) is 0.423. The van der Waals surface area contributed by atoms with Crippen LogP contribution < -0.4 is 5.56 Å². The Kier molecular flexibility index (Phi) is 2.15.